The number of nitrogens with zero attached hydrogens (tertiary/aromatic N) is 1. The van der Waals surface area contributed by atoms with Crippen LogP contribution in [-0.2, 0) is 17.6 Å². The lowest BCUT2D eigenvalue weighted by atomic mass is 10.1. The molecule has 0 spiro atoms. The highest BCUT2D eigenvalue weighted by molar-refractivity contribution is 7.14. The fourth-order valence-electron chi connectivity index (χ4n) is 3.08. The largest absolute Gasteiger partial charge is 0.488 e. The molecule has 0 radical (unpaired) electrons. The summed E-state index contributed by atoms with van der Waals surface area (Å²) in [4.78, 5) is 28.6. The number of hydrogen-bond donors (Lipinski definition) is 2. The second-order valence-corrected chi connectivity index (χ2v) is 7.47. The molecule has 0 saturated heterocycles. The van der Waals surface area contributed by atoms with Gasteiger partial charge in [0.1, 0.15) is 17.7 Å². The van der Waals surface area contributed by atoms with Crippen molar-refractivity contribution in [2.45, 2.75) is 18.9 Å². The zero-order chi connectivity index (χ0) is 20.2. The second-order valence-electron chi connectivity index (χ2n) is 6.61. The molecule has 2 heterocycles. The van der Waals surface area contributed by atoms with Gasteiger partial charge in [-0.15, -0.1) is 11.3 Å². The molecular weight excluding hydrogens is 393 g/mol. The van der Waals surface area contributed by atoms with E-state index in [1.54, 1.807) is 11.4 Å². The lowest BCUT2D eigenvalue weighted by Crippen LogP contribution is -2.35. The van der Waals surface area contributed by atoms with E-state index in [1.807, 2.05) is 24.3 Å². The number of anilines is 1. The molecule has 1 unspecified atom stereocenters. The number of aromatic nitrogens is 1. The van der Waals surface area contributed by atoms with Crippen LogP contribution in [0.3, 0.4) is 0 Å². The molecule has 3 aromatic rings. The van der Waals surface area contributed by atoms with Crippen LogP contribution in [-0.4, -0.2) is 29.4 Å². The summed E-state index contributed by atoms with van der Waals surface area (Å²) in [5.74, 6) is -0.493. The van der Waals surface area contributed by atoms with E-state index in [1.165, 1.54) is 29.5 Å². The minimum Gasteiger partial charge on any atom is -0.488 e. The Morgan fingerprint density at radius 2 is 1.97 bits per heavy atom. The third kappa shape index (κ3) is 4.60. The molecule has 0 bridgehead atoms. The van der Waals surface area contributed by atoms with Crippen LogP contribution in [0, 0.1) is 5.82 Å². The zero-order valence-electron chi connectivity index (χ0n) is 15.4. The van der Waals surface area contributed by atoms with Crippen molar-refractivity contribution in [3.05, 3.63) is 76.5 Å². The summed E-state index contributed by atoms with van der Waals surface area (Å²) < 4.78 is 19.5. The number of rotatable bonds is 6. The fraction of sp³-hybridized carbons (Fsp3) is 0.190. The molecule has 1 atom stereocenters. The third-order valence-corrected chi connectivity index (χ3v) is 5.28. The number of fused-ring (bicyclic) bond motifs is 1. The van der Waals surface area contributed by atoms with Crippen molar-refractivity contribution < 1.29 is 18.7 Å². The molecular formula is C21H18FN3O3S. The van der Waals surface area contributed by atoms with Crippen molar-refractivity contribution in [3.63, 3.8) is 0 Å². The Morgan fingerprint density at radius 1 is 1.17 bits per heavy atom. The van der Waals surface area contributed by atoms with Gasteiger partial charge in [0.05, 0.1) is 24.2 Å². The number of ether oxygens (including phenoxy) is 1. The number of benzene rings is 2. The maximum atomic E-state index is 13.7. The lowest BCUT2D eigenvalue weighted by molar-refractivity contribution is -0.120. The number of carbonyl (C=O) groups excluding carboxylic acids is 2. The van der Waals surface area contributed by atoms with Crippen molar-refractivity contribution >= 4 is 28.3 Å². The number of thiazole rings is 1. The molecule has 6 nitrogen and oxygen atoms in total. The van der Waals surface area contributed by atoms with E-state index in [9.17, 15) is 14.0 Å². The van der Waals surface area contributed by atoms with Crippen molar-refractivity contribution in [2.75, 3.05) is 11.9 Å². The first-order chi connectivity index (χ1) is 14.1. The van der Waals surface area contributed by atoms with Crippen molar-refractivity contribution in [2.24, 2.45) is 0 Å². The van der Waals surface area contributed by atoms with Crippen molar-refractivity contribution in [1.29, 1.82) is 0 Å². The summed E-state index contributed by atoms with van der Waals surface area (Å²) in [5.41, 5.74) is 1.62. The van der Waals surface area contributed by atoms with Crippen LogP contribution in [0.25, 0.3) is 0 Å². The monoisotopic (exact) mass is 411 g/mol. The van der Waals surface area contributed by atoms with E-state index in [0.717, 1.165) is 17.7 Å². The van der Waals surface area contributed by atoms with E-state index in [-0.39, 0.29) is 24.0 Å². The summed E-state index contributed by atoms with van der Waals surface area (Å²) in [6.45, 7) is 0.411. The number of nitrogens with one attached hydrogen (secondary N) is 2. The summed E-state index contributed by atoms with van der Waals surface area (Å²) in [7, 11) is 0. The average molecular weight is 411 g/mol. The van der Waals surface area contributed by atoms with Crippen LogP contribution in [0.1, 0.15) is 21.6 Å². The number of para-hydroxylation sites is 1. The van der Waals surface area contributed by atoms with E-state index >= 15 is 0 Å². The maximum Gasteiger partial charge on any atom is 0.260 e. The topological polar surface area (TPSA) is 80.3 Å². The number of halogens is 1. The number of amides is 2. The van der Waals surface area contributed by atoms with Gasteiger partial charge in [-0.25, -0.2) is 9.37 Å². The van der Waals surface area contributed by atoms with Gasteiger partial charge < -0.3 is 10.1 Å². The number of hydrogen-bond acceptors (Lipinski definition) is 5. The van der Waals surface area contributed by atoms with Gasteiger partial charge in [0.2, 0.25) is 5.91 Å². The molecule has 2 aromatic carbocycles. The summed E-state index contributed by atoms with van der Waals surface area (Å²) in [6.07, 6.45) is 0.771. The molecule has 4 rings (SSSR count). The van der Waals surface area contributed by atoms with Gasteiger partial charge in [-0.2, -0.15) is 0 Å². The molecule has 8 heteroatoms. The first-order valence-electron chi connectivity index (χ1n) is 9.10. The maximum absolute atomic E-state index is 13.7. The Balaban J connectivity index is 1.26. The van der Waals surface area contributed by atoms with Crippen LogP contribution < -0.4 is 15.4 Å². The Morgan fingerprint density at radius 3 is 2.79 bits per heavy atom. The summed E-state index contributed by atoms with van der Waals surface area (Å²) in [6, 6.07) is 13.5. The predicted octanol–water partition coefficient (Wildman–Crippen LogP) is 3.20. The Bertz CT molecular complexity index is 1030. The molecule has 2 amide bonds. The van der Waals surface area contributed by atoms with E-state index in [2.05, 4.69) is 15.6 Å². The van der Waals surface area contributed by atoms with Crippen LogP contribution >= 0.6 is 11.3 Å². The zero-order valence-corrected chi connectivity index (χ0v) is 16.2. The van der Waals surface area contributed by atoms with Crippen LogP contribution in [0.5, 0.6) is 5.75 Å². The minimum atomic E-state index is -0.600. The normalized spacial score (nSPS) is 14.7. The van der Waals surface area contributed by atoms with Crippen molar-refractivity contribution in [3.8, 4) is 5.75 Å². The van der Waals surface area contributed by atoms with Crippen LogP contribution in [0.2, 0.25) is 0 Å². The molecule has 1 aliphatic rings. The molecule has 148 valence electrons. The van der Waals surface area contributed by atoms with Gasteiger partial charge in [-0.3, -0.25) is 14.9 Å². The first-order valence-corrected chi connectivity index (χ1v) is 9.98. The third-order valence-electron chi connectivity index (χ3n) is 4.47. The highest BCUT2D eigenvalue weighted by Crippen LogP contribution is 2.27. The average Bonchev–Trinajstić information content (AvgIpc) is 3.33. The highest BCUT2D eigenvalue weighted by atomic mass is 32.1. The van der Waals surface area contributed by atoms with Crippen LogP contribution in [0.4, 0.5) is 9.52 Å². The second kappa shape index (κ2) is 8.40. The molecule has 29 heavy (non-hydrogen) atoms. The van der Waals surface area contributed by atoms with Gasteiger partial charge in [-0.1, -0.05) is 30.3 Å². The van der Waals surface area contributed by atoms with Gasteiger partial charge in [0.25, 0.3) is 5.91 Å². The molecule has 2 N–H and O–H groups in total. The molecule has 0 fully saturated rings. The molecule has 0 saturated carbocycles. The van der Waals surface area contributed by atoms with Crippen molar-refractivity contribution in [1.82, 2.24) is 10.3 Å². The Kier molecular flexibility index (Phi) is 5.53. The predicted molar refractivity (Wildman–Crippen MR) is 108 cm³/mol. The molecule has 1 aliphatic heterocycles. The molecule has 1 aromatic heterocycles. The van der Waals surface area contributed by atoms with Gasteiger partial charge in [0.15, 0.2) is 5.13 Å². The van der Waals surface area contributed by atoms with E-state index in [4.69, 9.17) is 4.74 Å². The van der Waals surface area contributed by atoms with Gasteiger partial charge >= 0.3 is 0 Å². The lowest BCUT2D eigenvalue weighted by Gasteiger charge is -2.11. The smallest absolute Gasteiger partial charge is 0.260 e. The highest BCUT2D eigenvalue weighted by Gasteiger charge is 2.22. The molecule has 0 aliphatic carbocycles. The SMILES string of the molecule is O=C(Cc1csc(NC(=O)c2ccccc2F)n1)NCC1Cc2ccccc2O1. The standard InChI is InChI=1S/C21H18FN3O3S/c22-17-7-3-2-6-16(17)20(27)25-21-24-14(12-29-21)10-19(26)23-11-15-9-13-5-1-4-8-18(13)28-15/h1-8,12,15H,9-11H2,(H,23,26)(H,24,25,27). The Hall–Kier alpha value is -3.26. The van der Waals surface area contributed by atoms with E-state index < -0.39 is 11.7 Å². The summed E-state index contributed by atoms with van der Waals surface area (Å²) >= 11 is 1.19. The fourth-order valence-corrected chi connectivity index (χ4v) is 3.78. The first kappa shape index (κ1) is 19.1. The quantitative estimate of drug-likeness (QED) is 0.653. The summed E-state index contributed by atoms with van der Waals surface area (Å²) in [5, 5.41) is 7.42. The van der Waals surface area contributed by atoms with E-state index in [0.29, 0.717) is 17.4 Å². The minimum absolute atomic E-state index is 0.0560. The Labute approximate surface area is 170 Å². The van der Waals surface area contributed by atoms with Crippen LogP contribution in [0.15, 0.2) is 53.9 Å². The van der Waals surface area contributed by atoms with Gasteiger partial charge in [-0.05, 0) is 23.8 Å². The number of carbonyl (C=O) groups is 2. The van der Waals surface area contributed by atoms with Gasteiger partial charge in [0, 0.05) is 11.8 Å².